The van der Waals surface area contributed by atoms with Gasteiger partial charge < -0.3 is 10.6 Å². The summed E-state index contributed by atoms with van der Waals surface area (Å²) in [5.74, 6) is 0.131. The van der Waals surface area contributed by atoms with E-state index in [0.717, 1.165) is 36.8 Å². The molecule has 6 nitrogen and oxygen atoms in total. The molecular formula is C17H20ClN5O. The van der Waals surface area contributed by atoms with Crippen molar-refractivity contribution in [3.63, 3.8) is 0 Å². The number of aromatic nitrogens is 2. The molecule has 0 radical (unpaired) electrons. The maximum atomic E-state index is 11.2. The van der Waals surface area contributed by atoms with E-state index in [9.17, 15) is 4.79 Å². The van der Waals surface area contributed by atoms with Gasteiger partial charge in [-0.3, -0.25) is 14.7 Å². The molecule has 0 bridgehead atoms. The van der Waals surface area contributed by atoms with Crippen LogP contribution in [0.3, 0.4) is 0 Å². The summed E-state index contributed by atoms with van der Waals surface area (Å²) in [7, 11) is 0. The van der Waals surface area contributed by atoms with Crippen LogP contribution >= 0.6 is 11.6 Å². The van der Waals surface area contributed by atoms with Crippen LogP contribution in [0.1, 0.15) is 29.0 Å². The highest BCUT2D eigenvalue weighted by Gasteiger charge is 2.24. The van der Waals surface area contributed by atoms with E-state index >= 15 is 0 Å². The Morgan fingerprint density at radius 1 is 1.21 bits per heavy atom. The molecular weight excluding hydrogens is 326 g/mol. The maximum Gasteiger partial charge on any atom is 0.268 e. The minimum atomic E-state index is -0.560. The summed E-state index contributed by atoms with van der Waals surface area (Å²) in [5.41, 5.74) is 6.61. The summed E-state index contributed by atoms with van der Waals surface area (Å²) in [6.45, 7) is 5.56. The van der Waals surface area contributed by atoms with Crippen LogP contribution in [0.4, 0.5) is 5.82 Å². The third-order valence-electron chi connectivity index (χ3n) is 4.42. The van der Waals surface area contributed by atoms with E-state index in [0.29, 0.717) is 5.82 Å². The Kier molecular flexibility index (Phi) is 4.97. The van der Waals surface area contributed by atoms with Crippen molar-refractivity contribution in [1.29, 1.82) is 0 Å². The second kappa shape index (κ2) is 7.15. The Morgan fingerprint density at radius 3 is 2.58 bits per heavy atom. The van der Waals surface area contributed by atoms with E-state index in [4.69, 9.17) is 17.3 Å². The molecule has 1 aromatic carbocycles. The molecule has 24 heavy (non-hydrogen) atoms. The highest BCUT2D eigenvalue weighted by Crippen LogP contribution is 2.28. The Morgan fingerprint density at radius 2 is 1.92 bits per heavy atom. The van der Waals surface area contributed by atoms with Crippen LogP contribution in [0.5, 0.6) is 0 Å². The van der Waals surface area contributed by atoms with E-state index < -0.39 is 5.91 Å². The minimum Gasteiger partial charge on any atom is -0.364 e. The lowest BCUT2D eigenvalue weighted by Crippen LogP contribution is -2.47. The standard InChI is InChI=1S/C17H20ClN5O/c1-12(13-4-2-3-5-14(13)18)22-6-8-23(9-7-22)16-11-20-10-15(21-16)17(19)24/h2-5,10-12H,6-9H2,1H3,(H2,19,24)/t12-/m1/s1. The molecule has 1 aromatic heterocycles. The van der Waals surface area contributed by atoms with Crippen LogP contribution in [0.15, 0.2) is 36.7 Å². The summed E-state index contributed by atoms with van der Waals surface area (Å²) < 4.78 is 0. The minimum absolute atomic E-state index is 0.194. The van der Waals surface area contributed by atoms with Gasteiger partial charge in [0.05, 0.1) is 12.4 Å². The van der Waals surface area contributed by atoms with E-state index in [1.165, 1.54) is 6.20 Å². The summed E-state index contributed by atoms with van der Waals surface area (Å²) in [4.78, 5) is 24.1. The first-order valence-corrected chi connectivity index (χ1v) is 8.29. The number of nitrogens with two attached hydrogens (primary N) is 1. The van der Waals surface area contributed by atoms with Gasteiger partial charge in [-0.2, -0.15) is 0 Å². The van der Waals surface area contributed by atoms with Gasteiger partial charge in [-0.15, -0.1) is 0 Å². The zero-order valence-corrected chi connectivity index (χ0v) is 14.3. The van der Waals surface area contributed by atoms with Gasteiger partial charge in [0, 0.05) is 37.2 Å². The molecule has 0 unspecified atom stereocenters. The van der Waals surface area contributed by atoms with Gasteiger partial charge in [-0.05, 0) is 18.6 Å². The number of anilines is 1. The van der Waals surface area contributed by atoms with Gasteiger partial charge >= 0.3 is 0 Å². The number of carbonyl (C=O) groups is 1. The first kappa shape index (κ1) is 16.7. The molecule has 126 valence electrons. The second-order valence-corrected chi connectivity index (χ2v) is 6.25. The average molecular weight is 346 g/mol. The van der Waals surface area contributed by atoms with Crippen LogP contribution in [0.2, 0.25) is 5.02 Å². The van der Waals surface area contributed by atoms with Crippen molar-refractivity contribution in [2.75, 3.05) is 31.1 Å². The second-order valence-electron chi connectivity index (χ2n) is 5.85. The zero-order chi connectivity index (χ0) is 17.1. The molecule has 1 atom stereocenters. The molecule has 1 aliphatic rings. The Labute approximate surface area is 146 Å². The summed E-state index contributed by atoms with van der Waals surface area (Å²) >= 11 is 6.31. The lowest BCUT2D eigenvalue weighted by molar-refractivity contribution is 0.0995. The number of hydrogen-bond acceptors (Lipinski definition) is 5. The largest absolute Gasteiger partial charge is 0.364 e. The third-order valence-corrected chi connectivity index (χ3v) is 4.76. The number of piperazine rings is 1. The fourth-order valence-electron chi connectivity index (χ4n) is 2.98. The summed E-state index contributed by atoms with van der Waals surface area (Å²) in [6, 6.07) is 8.21. The molecule has 1 saturated heterocycles. The smallest absolute Gasteiger partial charge is 0.268 e. The lowest BCUT2D eigenvalue weighted by atomic mass is 10.1. The van der Waals surface area contributed by atoms with E-state index in [2.05, 4.69) is 32.8 Å². The van der Waals surface area contributed by atoms with Crippen molar-refractivity contribution in [3.8, 4) is 0 Å². The number of carbonyl (C=O) groups excluding carboxylic acids is 1. The molecule has 2 aromatic rings. The van der Waals surface area contributed by atoms with Crippen molar-refractivity contribution in [1.82, 2.24) is 14.9 Å². The molecule has 2 heterocycles. The molecule has 0 saturated carbocycles. The summed E-state index contributed by atoms with van der Waals surface area (Å²) in [6.07, 6.45) is 3.06. The van der Waals surface area contributed by atoms with Crippen LogP contribution < -0.4 is 10.6 Å². The van der Waals surface area contributed by atoms with Crippen LogP contribution in [-0.4, -0.2) is 47.0 Å². The van der Waals surface area contributed by atoms with Gasteiger partial charge in [-0.1, -0.05) is 29.8 Å². The molecule has 1 amide bonds. The van der Waals surface area contributed by atoms with Crippen molar-refractivity contribution in [3.05, 3.63) is 52.9 Å². The number of hydrogen-bond donors (Lipinski definition) is 1. The number of primary amides is 1. The predicted octanol–water partition coefficient (Wildman–Crippen LogP) is 2.11. The zero-order valence-electron chi connectivity index (χ0n) is 13.5. The van der Waals surface area contributed by atoms with Crippen molar-refractivity contribution >= 4 is 23.3 Å². The van der Waals surface area contributed by atoms with Gasteiger partial charge in [0.15, 0.2) is 0 Å². The van der Waals surface area contributed by atoms with Crippen molar-refractivity contribution < 1.29 is 4.79 Å². The fraction of sp³-hybridized carbons (Fsp3) is 0.353. The number of rotatable bonds is 4. The van der Waals surface area contributed by atoms with Crippen LogP contribution in [0, 0.1) is 0 Å². The highest BCUT2D eigenvalue weighted by atomic mass is 35.5. The fourth-order valence-corrected chi connectivity index (χ4v) is 3.27. The number of halogens is 1. The molecule has 7 heteroatoms. The molecule has 1 fully saturated rings. The van der Waals surface area contributed by atoms with Gasteiger partial charge in [0.25, 0.3) is 5.91 Å². The Hall–Kier alpha value is -2.18. The molecule has 3 rings (SSSR count). The SMILES string of the molecule is C[C@H](c1ccccc1Cl)N1CCN(c2cncc(C(N)=O)n2)CC1. The summed E-state index contributed by atoms with van der Waals surface area (Å²) in [5, 5.41) is 0.799. The number of benzene rings is 1. The Bertz CT molecular complexity index is 730. The highest BCUT2D eigenvalue weighted by molar-refractivity contribution is 6.31. The topological polar surface area (TPSA) is 75.3 Å². The molecule has 2 N–H and O–H groups in total. The normalized spacial score (nSPS) is 16.8. The maximum absolute atomic E-state index is 11.2. The Balaban J connectivity index is 1.67. The third kappa shape index (κ3) is 3.49. The predicted molar refractivity (Wildman–Crippen MR) is 94.2 cm³/mol. The molecule has 0 spiro atoms. The molecule has 1 aliphatic heterocycles. The van der Waals surface area contributed by atoms with E-state index in [-0.39, 0.29) is 11.7 Å². The number of nitrogens with zero attached hydrogens (tertiary/aromatic N) is 4. The average Bonchev–Trinajstić information content (AvgIpc) is 2.62. The van der Waals surface area contributed by atoms with E-state index in [1.54, 1.807) is 6.20 Å². The monoisotopic (exact) mass is 345 g/mol. The van der Waals surface area contributed by atoms with Crippen LogP contribution in [-0.2, 0) is 0 Å². The van der Waals surface area contributed by atoms with Crippen molar-refractivity contribution in [2.45, 2.75) is 13.0 Å². The van der Waals surface area contributed by atoms with Crippen molar-refractivity contribution in [2.24, 2.45) is 5.73 Å². The van der Waals surface area contributed by atoms with Gasteiger partial charge in [0.2, 0.25) is 0 Å². The van der Waals surface area contributed by atoms with Gasteiger partial charge in [0.1, 0.15) is 11.5 Å². The first-order chi connectivity index (χ1) is 11.6. The lowest BCUT2D eigenvalue weighted by Gasteiger charge is -2.38. The first-order valence-electron chi connectivity index (χ1n) is 7.91. The van der Waals surface area contributed by atoms with Gasteiger partial charge in [-0.25, -0.2) is 4.98 Å². The number of amides is 1. The quantitative estimate of drug-likeness (QED) is 0.918. The molecule has 0 aliphatic carbocycles. The van der Waals surface area contributed by atoms with E-state index in [1.807, 2.05) is 18.2 Å². The van der Waals surface area contributed by atoms with Crippen LogP contribution in [0.25, 0.3) is 0 Å².